The summed E-state index contributed by atoms with van der Waals surface area (Å²) in [6.45, 7) is 0. The maximum Gasteiger partial charge on any atom is 0.251 e. The van der Waals surface area contributed by atoms with Crippen LogP contribution in [0.2, 0.25) is 0 Å². The van der Waals surface area contributed by atoms with Gasteiger partial charge in [-0.3, -0.25) is 0 Å². The first kappa shape index (κ1) is 15.3. The largest absolute Gasteiger partial charge is 0.618 e. The molecule has 0 spiro atoms. The van der Waals surface area contributed by atoms with Crippen LogP contribution in [0.1, 0.15) is 5.01 Å². The number of thioether (sulfide) groups is 1. The fourth-order valence-corrected chi connectivity index (χ4v) is 3.73. The molecule has 7 heteroatoms. The molecule has 0 aliphatic carbocycles. The second kappa shape index (κ2) is 6.69. The molecule has 0 bridgehead atoms. The van der Waals surface area contributed by atoms with Crippen molar-refractivity contribution in [2.24, 2.45) is 0 Å². The predicted octanol–water partition coefficient (Wildman–Crippen LogP) is 3.51. The molecule has 1 aromatic carbocycles. The minimum absolute atomic E-state index is 0.0830. The van der Waals surface area contributed by atoms with Crippen LogP contribution in [0.15, 0.2) is 59.4 Å². The summed E-state index contributed by atoms with van der Waals surface area (Å²) in [6.07, 6.45) is 1.39. The van der Waals surface area contributed by atoms with Crippen molar-refractivity contribution < 1.29 is 9.84 Å². The van der Waals surface area contributed by atoms with Gasteiger partial charge in [-0.1, -0.05) is 12.1 Å². The number of nitrogens with zero attached hydrogens (tertiary/aromatic N) is 3. The molecular weight excluding hydrogens is 330 g/mol. The molecule has 0 amide bonds. The minimum atomic E-state index is -0.0830. The van der Waals surface area contributed by atoms with Gasteiger partial charge in [-0.2, -0.15) is 9.99 Å². The second-order valence-electron chi connectivity index (χ2n) is 4.57. The average Bonchev–Trinajstić information content (AvgIpc) is 2.98. The summed E-state index contributed by atoms with van der Waals surface area (Å²) in [7, 11) is 0. The molecule has 2 heterocycles. The van der Waals surface area contributed by atoms with Crippen LogP contribution in [0.5, 0.6) is 0 Å². The van der Waals surface area contributed by atoms with E-state index >= 15 is 0 Å². The Morgan fingerprint density at radius 3 is 2.83 bits per heavy atom. The normalized spacial score (nSPS) is 12.0. The quantitative estimate of drug-likeness (QED) is 0.258. The Bertz CT molecular complexity index is 895. The lowest BCUT2D eigenvalue weighted by atomic mass is 10.2. The van der Waals surface area contributed by atoms with E-state index in [4.69, 9.17) is 0 Å². The number of hydrogen-bond acceptors (Lipinski definition) is 6. The molecule has 2 aromatic heterocycles. The highest BCUT2D eigenvalue weighted by atomic mass is 32.2. The maximum absolute atomic E-state index is 11.6. The van der Waals surface area contributed by atoms with Gasteiger partial charge in [-0.05, 0) is 30.0 Å². The summed E-state index contributed by atoms with van der Waals surface area (Å²) < 4.78 is 1.68. The number of aromatic nitrogens is 2. The molecule has 0 fully saturated rings. The van der Waals surface area contributed by atoms with Crippen LogP contribution in [-0.2, 0) is 0 Å². The van der Waals surface area contributed by atoms with Gasteiger partial charge < -0.3 is 10.3 Å². The van der Waals surface area contributed by atoms with Crippen molar-refractivity contribution >= 4 is 38.9 Å². The molecule has 0 saturated heterocycles. The molecule has 0 aliphatic heterocycles. The Labute approximate surface area is 140 Å². The Hall–Kier alpha value is -2.56. The van der Waals surface area contributed by atoms with Crippen LogP contribution in [0.25, 0.3) is 15.8 Å². The van der Waals surface area contributed by atoms with Crippen molar-refractivity contribution in [3.05, 3.63) is 64.6 Å². The third-order valence-corrected chi connectivity index (χ3v) is 5.14. The molecule has 1 N–H and O–H groups in total. The first-order valence-electron chi connectivity index (χ1n) is 6.68. The van der Waals surface area contributed by atoms with E-state index in [0.717, 1.165) is 14.9 Å². The minimum Gasteiger partial charge on any atom is -0.618 e. The van der Waals surface area contributed by atoms with Crippen LogP contribution < -0.4 is 4.73 Å². The standard InChI is InChI=1S/C16H11N3O2S2/c17-9-11(16-18-12-5-1-2-6-14(12)23-16)13(20)10-22-15-7-3-4-8-19(15)21/h1-8,20H,10H2/b13-11-. The van der Waals surface area contributed by atoms with E-state index in [2.05, 4.69) is 4.98 Å². The first-order chi connectivity index (χ1) is 11.2. The van der Waals surface area contributed by atoms with Gasteiger partial charge in [0.05, 0.1) is 16.0 Å². The van der Waals surface area contributed by atoms with Gasteiger partial charge in [0.1, 0.15) is 22.4 Å². The van der Waals surface area contributed by atoms with Crippen LogP contribution in [0, 0.1) is 16.5 Å². The monoisotopic (exact) mass is 341 g/mol. The van der Waals surface area contributed by atoms with Crippen LogP contribution >= 0.6 is 23.1 Å². The number of aliphatic hydroxyl groups excluding tert-OH is 1. The van der Waals surface area contributed by atoms with Gasteiger partial charge >= 0.3 is 0 Å². The number of rotatable bonds is 4. The number of pyridine rings is 1. The van der Waals surface area contributed by atoms with Gasteiger partial charge in [-0.25, -0.2) is 4.98 Å². The van der Waals surface area contributed by atoms with Gasteiger partial charge in [0.25, 0.3) is 5.03 Å². The van der Waals surface area contributed by atoms with Crippen LogP contribution in [-0.4, -0.2) is 15.8 Å². The number of para-hydroxylation sites is 1. The molecule has 0 atom stereocenters. The molecule has 23 heavy (non-hydrogen) atoms. The third kappa shape index (κ3) is 3.28. The van der Waals surface area contributed by atoms with Crippen molar-refractivity contribution in [1.29, 1.82) is 5.26 Å². The lowest BCUT2D eigenvalue weighted by Crippen LogP contribution is -2.27. The van der Waals surface area contributed by atoms with Crippen molar-refractivity contribution in [3.8, 4) is 6.07 Å². The summed E-state index contributed by atoms with van der Waals surface area (Å²) in [6, 6.07) is 14.6. The van der Waals surface area contributed by atoms with Crippen molar-refractivity contribution in [1.82, 2.24) is 4.98 Å². The average molecular weight is 341 g/mol. The topological polar surface area (TPSA) is 83.8 Å². The second-order valence-corrected chi connectivity index (χ2v) is 6.60. The van der Waals surface area contributed by atoms with E-state index in [-0.39, 0.29) is 17.1 Å². The predicted molar refractivity (Wildman–Crippen MR) is 90.9 cm³/mol. The SMILES string of the molecule is N#C/C(=C(/O)CSc1cccc[n+]1[O-])c1nc2ccccc2s1. The van der Waals surface area contributed by atoms with E-state index in [1.54, 1.807) is 18.2 Å². The molecular formula is C16H11N3O2S2. The fraction of sp³-hybridized carbons (Fsp3) is 0.0625. The maximum atomic E-state index is 11.6. The molecule has 114 valence electrons. The van der Waals surface area contributed by atoms with E-state index in [9.17, 15) is 15.6 Å². The molecule has 5 nitrogen and oxygen atoms in total. The molecule has 3 rings (SSSR count). The van der Waals surface area contributed by atoms with Crippen molar-refractivity contribution in [2.45, 2.75) is 5.03 Å². The van der Waals surface area contributed by atoms with E-state index in [1.165, 1.54) is 29.3 Å². The lowest BCUT2D eigenvalue weighted by molar-refractivity contribution is -0.645. The number of allylic oxidation sites excluding steroid dienone is 1. The first-order valence-corrected chi connectivity index (χ1v) is 8.48. The number of hydrogen-bond donors (Lipinski definition) is 1. The summed E-state index contributed by atoms with van der Waals surface area (Å²) in [5, 5.41) is 32.1. The highest BCUT2D eigenvalue weighted by molar-refractivity contribution is 7.99. The number of nitriles is 1. The van der Waals surface area contributed by atoms with E-state index in [1.807, 2.05) is 30.3 Å². The zero-order chi connectivity index (χ0) is 16.2. The van der Waals surface area contributed by atoms with Crippen molar-refractivity contribution in [3.63, 3.8) is 0 Å². The number of benzene rings is 1. The summed E-state index contributed by atoms with van der Waals surface area (Å²) >= 11 is 2.52. The van der Waals surface area contributed by atoms with E-state index in [0.29, 0.717) is 10.0 Å². The zero-order valence-corrected chi connectivity index (χ0v) is 13.5. The van der Waals surface area contributed by atoms with Gasteiger partial charge in [0.2, 0.25) is 0 Å². The summed E-state index contributed by atoms with van der Waals surface area (Å²) in [5.41, 5.74) is 0.938. The zero-order valence-electron chi connectivity index (χ0n) is 11.8. The summed E-state index contributed by atoms with van der Waals surface area (Å²) in [5.74, 6) is 0.0471. The highest BCUT2D eigenvalue weighted by Gasteiger charge is 2.15. The Kier molecular flexibility index (Phi) is 4.46. The molecule has 0 radical (unpaired) electrons. The number of thiazole rings is 1. The fourth-order valence-electron chi connectivity index (χ4n) is 1.95. The molecule has 0 aliphatic rings. The van der Waals surface area contributed by atoms with Crippen LogP contribution in [0.3, 0.4) is 0 Å². The van der Waals surface area contributed by atoms with Crippen molar-refractivity contribution in [2.75, 3.05) is 5.75 Å². The Balaban J connectivity index is 1.87. The van der Waals surface area contributed by atoms with Crippen LogP contribution in [0.4, 0.5) is 0 Å². The third-order valence-electron chi connectivity index (χ3n) is 3.05. The molecule has 0 saturated carbocycles. The molecule has 3 aromatic rings. The number of aliphatic hydroxyl groups is 1. The smallest absolute Gasteiger partial charge is 0.251 e. The number of fused-ring (bicyclic) bond motifs is 1. The molecule has 0 unspecified atom stereocenters. The Morgan fingerprint density at radius 1 is 1.30 bits per heavy atom. The van der Waals surface area contributed by atoms with E-state index < -0.39 is 0 Å². The summed E-state index contributed by atoms with van der Waals surface area (Å²) in [4.78, 5) is 4.38. The highest BCUT2D eigenvalue weighted by Crippen LogP contribution is 2.29. The van der Waals surface area contributed by atoms with Gasteiger partial charge in [0, 0.05) is 12.1 Å². The lowest BCUT2D eigenvalue weighted by Gasteiger charge is -2.03. The van der Waals surface area contributed by atoms with Gasteiger partial charge in [0.15, 0.2) is 6.20 Å². The van der Waals surface area contributed by atoms with Gasteiger partial charge in [-0.15, -0.1) is 11.3 Å². The Morgan fingerprint density at radius 2 is 2.09 bits per heavy atom.